The van der Waals surface area contributed by atoms with Gasteiger partial charge in [-0.3, -0.25) is 9.59 Å². The Labute approximate surface area is 139 Å². The van der Waals surface area contributed by atoms with E-state index in [1.54, 1.807) is 6.07 Å². The quantitative estimate of drug-likeness (QED) is 0.841. The first-order valence-corrected chi connectivity index (χ1v) is 8.21. The minimum Gasteiger partial charge on any atom is -0.481 e. The molecule has 126 valence electrons. The van der Waals surface area contributed by atoms with E-state index >= 15 is 0 Å². The molecule has 1 fully saturated rings. The largest absolute Gasteiger partial charge is 0.481 e. The molecule has 0 radical (unpaired) electrons. The second-order valence-corrected chi connectivity index (χ2v) is 6.11. The van der Waals surface area contributed by atoms with Gasteiger partial charge >= 0.3 is 5.97 Å². The Morgan fingerprint density at radius 3 is 2.62 bits per heavy atom. The average molecular weight is 328 g/mol. The topological polar surface area (TPSA) is 92.4 Å². The lowest BCUT2D eigenvalue weighted by atomic mass is 9.95. The van der Waals surface area contributed by atoms with Crippen LogP contribution >= 0.6 is 0 Å². The molecule has 1 saturated carbocycles. The van der Waals surface area contributed by atoms with Crippen molar-refractivity contribution in [3.63, 3.8) is 0 Å². The first-order chi connectivity index (χ1) is 11.6. The maximum Gasteiger partial charge on any atom is 0.308 e. The van der Waals surface area contributed by atoms with Gasteiger partial charge in [0.25, 0.3) is 5.91 Å². The van der Waals surface area contributed by atoms with Crippen molar-refractivity contribution in [2.45, 2.75) is 38.1 Å². The molecule has 0 aliphatic heterocycles. The summed E-state index contributed by atoms with van der Waals surface area (Å²) in [7, 11) is 0. The first-order valence-electron chi connectivity index (χ1n) is 8.21. The van der Waals surface area contributed by atoms with Gasteiger partial charge < -0.3 is 14.9 Å². The molecule has 0 bridgehead atoms. The number of nitrogens with zero attached hydrogens (tertiary/aromatic N) is 1. The predicted octanol–water partition coefficient (Wildman–Crippen LogP) is 3.10. The summed E-state index contributed by atoms with van der Waals surface area (Å²) < 4.78 is 5.14. The van der Waals surface area contributed by atoms with Crippen LogP contribution in [0.15, 0.2) is 40.9 Å². The van der Waals surface area contributed by atoms with Gasteiger partial charge in [0.05, 0.1) is 5.92 Å². The molecule has 24 heavy (non-hydrogen) atoms. The highest BCUT2D eigenvalue weighted by Crippen LogP contribution is 2.25. The van der Waals surface area contributed by atoms with Crippen LogP contribution in [0, 0.1) is 5.92 Å². The van der Waals surface area contributed by atoms with Crippen molar-refractivity contribution in [2.24, 2.45) is 5.92 Å². The molecule has 2 aromatic rings. The first kappa shape index (κ1) is 16.2. The number of hydrogen-bond acceptors (Lipinski definition) is 4. The Kier molecular flexibility index (Phi) is 4.93. The summed E-state index contributed by atoms with van der Waals surface area (Å²) >= 11 is 0. The third-order valence-electron chi connectivity index (χ3n) is 4.45. The maximum atomic E-state index is 12.4. The van der Waals surface area contributed by atoms with Crippen molar-refractivity contribution in [1.82, 2.24) is 10.5 Å². The highest BCUT2D eigenvalue weighted by atomic mass is 16.5. The van der Waals surface area contributed by atoms with Crippen LogP contribution < -0.4 is 5.32 Å². The van der Waals surface area contributed by atoms with Gasteiger partial charge in [-0.2, -0.15) is 0 Å². The monoisotopic (exact) mass is 328 g/mol. The Morgan fingerprint density at radius 2 is 1.88 bits per heavy atom. The van der Waals surface area contributed by atoms with E-state index < -0.39 is 17.8 Å². The molecule has 1 aromatic heterocycles. The van der Waals surface area contributed by atoms with Crippen LogP contribution in [0.3, 0.4) is 0 Å². The zero-order valence-electron chi connectivity index (χ0n) is 13.3. The molecular formula is C18H20N2O4. The lowest BCUT2D eigenvalue weighted by Gasteiger charge is -2.22. The van der Waals surface area contributed by atoms with Crippen LogP contribution in [0.25, 0.3) is 11.3 Å². The lowest BCUT2D eigenvalue weighted by Crippen LogP contribution is -2.42. The summed E-state index contributed by atoms with van der Waals surface area (Å²) in [6.07, 6.45) is 4.05. The number of hydrogen-bond donors (Lipinski definition) is 2. The number of carboxylic acid groups (broad SMARTS) is 1. The predicted molar refractivity (Wildman–Crippen MR) is 87.4 cm³/mol. The van der Waals surface area contributed by atoms with Gasteiger partial charge in [-0.1, -0.05) is 54.8 Å². The minimum absolute atomic E-state index is 0.0993. The molecular weight excluding hydrogens is 308 g/mol. The van der Waals surface area contributed by atoms with Gasteiger partial charge in [0.2, 0.25) is 5.76 Å². The fraction of sp³-hybridized carbons (Fsp3) is 0.389. The molecule has 3 rings (SSSR count). The number of carboxylic acids is 1. The summed E-state index contributed by atoms with van der Waals surface area (Å²) in [6.45, 7) is 0. The third-order valence-corrected chi connectivity index (χ3v) is 4.45. The van der Waals surface area contributed by atoms with Gasteiger partial charge in [-0.15, -0.1) is 0 Å². The molecule has 1 aliphatic carbocycles. The summed E-state index contributed by atoms with van der Waals surface area (Å²) in [4.78, 5) is 23.8. The molecule has 0 saturated heterocycles. The molecule has 0 spiro atoms. The lowest BCUT2D eigenvalue weighted by molar-refractivity contribution is -0.142. The standard InChI is InChI=1S/C18H20N2O4/c21-17(19-14-10-6-2-5-9-13(14)18(22)23)16-11-15(20-24-16)12-7-3-1-4-8-12/h1,3-4,7-8,11,13-14H,2,5-6,9-10H2,(H,19,21)(H,22,23)/t13-,14+/m1/s1. The van der Waals surface area contributed by atoms with Gasteiger partial charge in [-0.05, 0) is 12.8 Å². The van der Waals surface area contributed by atoms with Crippen LogP contribution in [-0.2, 0) is 4.79 Å². The Morgan fingerprint density at radius 1 is 1.12 bits per heavy atom. The molecule has 1 amide bonds. The van der Waals surface area contributed by atoms with Crippen molar-refractivity contribution in [3.8, 4) is 11.3 Å². The fourth-order valence-corrected chi connectivity index (χ4v) is 3.14. The third kappa shape index (κ3) is 3.64. The van der Waals surface area contributed by atoms with Crippen LogP contribution in [-0.4, -0.2) is 28.2 Å². The van der Waals surface area contributed by atoms with Gasteiger partial charge in [0.15, 0.2) is 0 Å². The molecule has 2 atom stereocenters. The summed E-state index contributed by atoms with van der Waals surface area (Å²) in [5, 5.41) is 16.1. The van der Waals surface area contributed by atoms with E-state index in [0.717, 1.165) is 24.8 Å². The smallest absolute Gasteiger partial charge is 0.308 e. The second-order valence-electron chi connectivity index (χ2n) is 6.11. The van der Waals surface area contributed by atoms with E-state index in [-0.39, 0.29) is 11.8 Å². The number of rotatable bonds is 4. The number of nitrogens with one attached hydrogen (secondary N) is 1. The van der Waals surface area contributed by atoms with E-state index in [1.807, 2.05) is 30.3 Å². The Bertz CT molecular complexity index is 711. The highest BCUT2D eigenvalue weighted by molar-refractivity contribution is 5.93. The maximum absolute atomic E-state index is 12.4. The van der Waals surface area contributed by atoms with E-state index in [9.17, 15) is 14.7 Å². The van der Waals surface area contributed by atoms with Gasteiger partial charge in [0, 0.05) is 17.7 Å². The van der Waals surface area contributed by atoms with E-state index in [0.29, 0.717) is 18.5 Å². The van der Waals surface area contributed by atoms with Crippen molar-refractivity contribution in [2.75, 3.05) is 0 Å². The molecule has 1 aromatic carbocycles. The number of carbonyl (C=O) groups excluding carboxylic acids is 1. The van der Waals surface area contributed by atoms with Crippen molar-refractivity contribution < 1.29 is 19.2 Å². The molecule has 1 heterocycles. The van der Waals surface area contributed by atoms with Crippen LogP contribution in [0.5, 0.6) is 0 Å². The normalized spacial score (nSPS) is 21.0. The van der Waals surface area contributed by atoms with Crippen molar-refractivity contribution >= 4 is 11.9 Å². The van der Waals surface area contributed by atoms with Crippen LogP contribution in [0.4, 0.5) is 0 Å². The number of carbonyl (C=O) groups is 2. The minimum atomic E-state index is -0.857. The van der Waals surface area contributed by atoms with Crippen molar-refractivity contribution in [3.05, 3.63) is 42.2 Å². The van der Waals surface area contributed by atoms with E-state index in [4.69, 9.17) is 4.52 Å². The number of aromatic nitrogens is 1. The van der Waals surface area contributed by atoms with E-state index in [2.05, 4.69) is 10.5 Å². The van der Waals surface area contributed by atoms with E-state index in [1.165, 1.54) is 0 Å². The van der Waals surface area contributed by atoms with Crippen LogP contribution in [0.2, 0.25) is 0 Å². The number of aliphatic carboxylic acids is 1. The Balaban J connectivity index is 1.72. The second kappa shape index (κ2) is 7.29. The number of amides is 1. The zero-order valence-corrected chi connectivity index (χ0v) is 13.3. The molecule has 6 heteroatoms. The molecule has 6 nitrogen and oxygen atoms in total. The molecule has 0 unspecified atom stereocenters. The molecule has 2 N–H and O–H groups in total. The fourth-order valence-electron chi connectivity index (χ4n) is 3.14. The summed E-state index contributed by atoms with van der Waals surface area (Å²) in [5.74, 6) is -1.72. The van der Waals surface area contributed by atoms with Crippen LogP contribution in [0.1, 0.15) is 42.7 Å². The average Bonchev–Trinajstić information content (AvgIpc) is 2.97. The molecule has 1 aliphatic rings. The van der Waals surface area contributed by atoms with Gasteiger partial charge in [-0.25, -0.2) is 0 Å². The summed E-state index contributed by atoms with van der Waals surface area (Å²) in [5.41, 5.74) is 1.44. The van der Waals surface area contributed by atoms with Gasteiger partial charge in [0.1, 0.15) is 5.69 Å². The number of benzene rings is 1. The SMILES string of the molecule is O=C(N[C@H]1CCCCC[C@H]1C(=O)O)c1cc(-c2ccccc2)no1. The van der Waals surface area contributed by atoms with Crippen molar-refractivity contribution in [1.29, 1.82) is 0 Å². The zero-order chi connectivity index (χ0) is 16.9. The summed E-state index contributed by atoms with van der Waals surface area (Å²) in [6, 6.07) is 10.6. The Hall–Kier alpha value is -2.63. The highest BCUT2D eigenvalue weighted by Gasteiger charge is 2.31.